The zero-order valence-electron chi connectivity index (χ0n) is 12.8. The van der Waals surface area contributed by atoms with Crippen molar-refractivity contribution in [3.8, 4) is 11.4 Å². The maximum atomic E-state index is 13.2. The van der Waals surface area contributed by atoms with Gasteiger partial charge in [-0.2, -0.15) is 4.80 Å². The van der Waals surface area contributed by atoms with Gasteiger partial charge in [-0.15, -0.1) is 10.2 Å². The maximum Gasteiger partial charge on any atom is 0.205 e. The second-order valence-corrected chi connectivity index (χ2v) is 5.40. The Balaban J connectivity index is 1.80. The lowest BCUT2D eigenvalue weighted by Gasteiger charge is -2.05. The van der Waals surface area contributed by atoms with Crippen LogP contribution in [0.5, 0.6) is 0 Å². The number of rotatable bonds is 4. The standard InChI is InChI=1S/C17H15FN4O/c1-11-6-7-15(12(2)8-11)16(23)10-22-20-17(19-21-22)13-4-3-5-14(18)9-13/h3-9H,10H2,1-2H3. The molecule has 5 nitrogen and oxygen atoms in total. The summed E-state index contributed by atoms with van der Waals surface area (Å²) in [7, 11) is 0. The first-order valence-corrected chi connectivity index (χ1v) is 7.17. The molecule has 0 atom stereocenters. The van der Waals surface area contributed by atoms with Gasteiger partial charge in [-0.1, -0.05) is 35.9 Å². The predicted octanol–water partition coefficient (Wildman–Crippen LogP) is 2.98. The fourth-order valence-electron chi connectivity index (χ4n) is 2.39. The summed E-state index contributed by atoms with van der Waals surface area (Å²) in [6.07, 6.45) is 0. The molecule has 3 rings (SSSR count). The van der Waals surface area contributed by atoms with Crippen LogP contribution in [0.3, 0.4) is 0 Å². The van der Waals surface area contributed by atoms with Gasteiger partial charge in [-0.25, -0.2) is 4.39 Å². The first-order chi connectivity index (χ1) is 11.0. The van der Waals surface area contributed by atoms with Crippen LogP contribution in [-0.2, 0) is 6.54 Å². The van der Waals surface area contributed by atoms with Gasteiger partial charge in [0, 0.05) is 11.1 Å². The van der Waals surface area contributed by atoms with Crippen LogP contribution in [0.4, 0.5) is 4.39 Å². The van der Waals surface area contributed by atoms with Crippen LogP contribution in [0.15, 0.2) is 42.5 Å². The van der Waals surface area contributed by atoms with E-state index in [0.29, 0.717) is 11.1 Å². The van der Waals surface area contributed by atoms with E-state index in [2.05, 4.69) is 15.4 Å². The van der Waals surface area contributed by atoms with Crippen molar-refractivity contribution in [2.24, 2.45) is 0 Å². The van der Waals surface area contributed by atoms with Gasteiger partial charge in [0.15, 0.2) is 5.78 Å². The van der Waals surface area contributed by atoms with Crippen LogP contribution < -0.4 is 0 Å². The highest BCUT2D eigenvalue weighted by atomic mass is 19.1. The van der Waals surface area contributed by atoms with Gasteiger partial charge >= 0.3 is 0 Å². The third-order valence-electron chi connectivity index (χ3n) is 3.50. The van der Waals surface area contributed by atoms with Gasteiger partial charge in [0.1, 0.15) is 12.4 Å². The van der Waals surface area contributed by atoms with E-state index in [1.165, 1.54) is 16.9 Å². The summed E-state index contributed by atoms with van der Waals surface area (Å²) in [6.45, 7) is 3.87. The van der Waals surface area contributed by atoms with E-state index in [1.54, 1.807) is 18.2 Å². The lowest BCUT2D eigenvalue weighted by molar-refractivity contribution is 0.0961. The zero-order chi connectivity index (χ0) is 16.4. The average Bonchev–Trinajstić information content (AvgIpc) is 2.95. The SMILES string of the molecule is Cc1ccc(C(=O)Cn2nnc(-c3cccc(F)c3)n2)c(C)c1. The Labute approximate surface area is 132 Å². The quantitative estimate of drug-likeness (QED) is 0.695. The molecule has 23 heavy (non-hydrogen) atoms. The maximum absolute atomic E-state index is 13.2. The number of hydrogen-bond donors (Lipinski definition) is 0. The number of ketones is 1. The molecule has 0 fully saturated rings. The molecule has 0 bridgehead atoms. The van der Waals surface area contributed by atoms with Gasteiger partial charge in [0.05, 0.1) is 0 Å². The Morgan fingerprint density at radius 2 is 2.00 bits per heavy atom. The van der Waals surface area contributed by atoms with Crippen molar-refractivity contribution >= 4 is 5.78 Å². The molecule has 0 saturated carbocycles. The first kappa shape index (κ1) is 15.0. The number of carbonyl (C=O) groups excluding carboxylic acids is 1. The smallest absolute Gasteiger partial charge is 0.205 e. The van der Waals surface area contributed by atoms with Crippen molar-refractivity contribution < 1.29 is 9.18 Å². The fraction of sp³-hybridized carbons (Fsp3) is 0.176. The Kier molecular flexibility index (Phi) is 3.97. The normalized spacial score (nSPS) is 10.7. The molecule has 6 heteroatoms. The Morgan fingerprint density at radius 3 is 2.74 bits per heavy atom. The lowest BCUT2D eigenvalue weighted by Crippen LogP contribution is -2.14. The molecule has 0 spiro atoms. The van der Waals surface area contributed by atoms with Crippen molar-refractivity contribution in [1.29, 1.82) is 0 Å². The molecule has 0 amide bonds. The zero-order valence-corrected chi connectivity index (χ0v) is 12.8. The number of hydrogen-bond acceptors (Lipinski definition) is 4. The minimum Gasteiger partial charge on any atom is -0.292 e. The summed E-state index contributed by atoms with van der Waals surface area (Å²) in [5.41, 5.74) is 3.18. The van der Waals surface area contributed by atoms with Crippen molar-refractivity contribution in [1.82, 2.24) is 20.2 Å². The molecular formula is C17H15FN4O. The molecular weight excluding hydrogens is 295 g/mol. The third-order valence-corrected chi connectivity index (χ3v) is 3.50. The van der Waals surface area contributed by atoms with E-state index in [4.69, 9.17) is 0 Å². The monoisotopic (exact) mass is 310 g/mol. The van der Waals surface area contributed by atoms with Crippen LogP contribution in [0.25, 0.3) is 11.4 Å². The predicted molar refractivity (Wildman–Crippen MR) is 83.5 cm³/mol. The Morgan fingerprint density at radius 1 is 1.17 bits per heavy atom. The molecule has 0 aliphatic carbocycles. The van der Waals surface area contributed by atoms with E-state index in [-0.39, 0.29) is 24.0 Å². The topological polar surface area (TPSA) is 60.7 Å². The van der Waals surface area contributed by atoms with Crippen molar-refractivity contribution in [3.05, 3.63) is 65.0 Å². The highest BCUT2D eigenvalue weighted by Crippen LogP contribution is 2.15. The fourth-order valence-corrected chi connectivity index (χ4v) is 2.39. The number of Topliss-reactive ketones (excluding diaryl/α,β-unsaturated/α-hetero) is 1. The van der Waals surface area contributed by atoms with E-state index in [9.17, 15) is 9.18 Å². The third kappa shape index (κ3) is 3.31. The first-order valence-electron chi connectivity index (χ1n) is 7.17. The Bertz CT molecular complexity index is 873. The summed E-state index contributed by atoms with van der Waals surface area (Å²) >= 11 is 0. The number of halogens is 1. The number of aryl methyl sites for hydroxylation is 2. The second kappa shape index (κ2) is 6.08. The molecule has 0 unspecified atom stereocenters. The molecule has 116 valence electrons. The highest BCUT2D eigenvalue weighted by molar-refractivity contribution is 5.97. The molecule has 1 aromatic heterocycles. The van der Waals surface area contributed by atoms with E-state index in [0.717, 1.165) is 11.1 Å². The molecule has 0 saturated heterocycles. The van der Waals surface area contributed by atoms with Gasteiger partial charge in [0.25, 0.3) is 0 Å². The summed E-state index contributed by atoms with van der Waals surface area (Å²) in [6, 6.07) is 11.6. The van der Waals surface area contributed by atoms with Gasteiger partial charge in [0.2, 0.25) is 5.82 Å². The summed E-state index contributed by atoms with van der Waals surface area (Å²) in [5, 5.41) is 11.9. The number of benzene rings is 2. The van der Waals surface area contributed by atoms with Crippen LogP contribution in [0.2, 0.25) is 0 Å². The minimum atomic E-state index is -0.370. The molecule has 0 aliphatic rings. The van der Waals surface area contributed by atoms with E-state index >= 15 is 0 Å². The molecule has 3 aromatic rings. The average molecular weight is 310 g/mol. The van der Waals surface area contributed by atoms with Crippen LogP contribution >= 0.6 is 0 Å². The minimum absolute atomic E-state index is 0.00772. The van der Waals surface area contributed by atoms with Crippen LogP contribution in [0.1, 0.15) is 21.5 Å². The molecule has 2 aromatic carbocycles. The van der Waals surface area contributed by atoms with Crippen molar-refractivity contribution in [3.63, 3.8) is 0 Å². The molecule has 1 heterocycles. The number of aromatic nitrogens is 4. The van der Waals surface area contributed by atoms with Crippen LogP contribution in [0, 0.1) is 19.7 Å². The van der Waals surface area contributed by atoms with Crippen LogP contribution in [-0.4, -0.2) is 26.0 Å². The van der Waals surface area contributed by atoms with Crippen molar-refractivity contribution in [2.45, 2.75) is 20.4 Å². The highest BCUT2D eigenvalue weighted by Gasteiger charge is 2.13. The molecule has 0 N–H and O–H groups in total. The largest absolute Gasteiger partial charge is 0.292 e. The molecule has 0 radical (unpaired) electrons. The van der Waals surface area contributed by atoms with Crippen molar-refractivity contribution in [2.75, 3.05) is 0 Å². The summed E-state index contributed by atoms with van der Waals surface area (Å²) in [5.74, 6) is -0.172. The number of nitrogens with zero attached hydrogens (tertiary/aromatic N) is 4. The van der Waals surface area contributed by atoms with Gasteiger partial charge in [-0.05, 0) is 36.8 Å². The van der Waals surface area contributed by atoms with Gasteiger partial charge < -0.3 is 0 Å². The Hall–Kier alpha value is -2.89. The lowest BCUT2D eigenvalue weighted by atomic mass is 10.0. The second-order valence-electron chi connectivity index (χ2n) is 5.40. The summed E-state index contributed by atoms with van der Waals surface area (Å²) < 4.78 is 13.2. The van der Waals surface area contributed by atoms with E-state index in [1.807, 2.05) is 26.0 Å². The van der Waals surface area contributed by atoms with Gasteiger partial charge in [-0.3, -0.25) is 4.79 Å². The summed E-state index contributed by atoms with van der Waals surface area (Å²) in [4.78, 5) is 13.6. The number of tetrazole rings is 1. The molecule has 0 aliphatic heterocycles. The van der Waals surface area contributed by atoms with E-state index < -0.39 is 0 Å². The number of carbonyl (C=O) groups is 1.